The predicted octanol–water partition coefficient (Wildman–Crippen LogP) is 2.51. The lowest BCUT2D eigenvalue weighted by atomic mass is 10.3. The number of aromatic nitrogens is 1. The Balaban J connectivity index is 3.04. The third-order valence-corrected chi connectivity index (χ3v) is 2.08. The average Bonchev–Trinajstić information content (AvgIpc) is 2.09. The fourth-order valence-corrected chi connectivity index (χ4v) is 1.20. The lowest BCUT2D eigenvalue weighted by Gasteiger charge is -2.04. The van der Waals surface area contributed by atoms with E-state index in [9.17, 15) is 4.39 Å². The smallest absolute Gasteiger partial charge is 0.168 e. The van der Waals surface area contributed by atoms with Crippen LogP contribution in [0.3, 0.4) is 0 Å². The summed E-state index contributed by atoms with van der Waals surface area (Å²) in [4.78, 5) is 9.87. The summed E-state index contributed by atoms with van der Waals surface area (Å²) in [6.07, 6.45) is 1.62. The molecule has 0 N–H and O–H groups in total. The first-order valence-corrected chi connectivity index (χ1v) is 4.83. The maximum Gasteiger partial charge on any atom is 0.168 e. The number of rotatable bonds is 2. The van der Waals surface area contributed by atoms with E-state index >= 15 is 0 Å². The van der Waals surface area contributed by atoms with E-state index in [4.69, 9.17) is 0 Å². The first-order valence-electron chi connectivity index (χ1n) is 4.04. The van der Waals surface area contributed by atoms with Gasteiger partial charge in [-0.1, -0.05) is 0 Å². The minimum atomic E-state index is -0.333. The maximum absolute atomic E-state index is 13.0. The van der Waals surface area contributed by atoms with E-state index in [-0.39, 0.29) is 5.82 Å². The molecule has 0 aliphatic rings. The van der Waals surface area contributed by atoms with Crippen molar-refractivity contribution in [3.63, 3.8) is 0 Å². The van der Waals surface area contributed by atoms with Crippen LogP contribution in [0.25, 0.3) is 0 Å². The summed E-state index contributed by atoms with van der Waals surface area (Å²) in [5, 5.41) is 0. The molecule has 0 aliphatic heterocycles. The summed E-state index contributed by atoms with van der Waals surface area (Å²) in [5.41, 5.74) is 0.346. The standard InChI is InChI=1S/C9H11BrFN3/c1-6-8(11)4-7(10)9(13-6)12-5-14(2)3/h4-5H,1-3H3. The lowest BCUT2D eigenvalue weighted by molar-refractivity contribution is 0.608. The van der Waals surface area contributed by atoms with Gasteiger partial charge in [-0.05, 0) is 28.9 Å². The van der Waals surface area contributed by atoms with Gasteiger partial charge in [0.05, 0.1) is 16.5 Å². The number of aliphatic imine (C=N–C) groups is 1. The molecular formula is C9H11BrFN3. The molecule has 5 heteroatoms. The molecule has 76 valence electrons. The molecule has 1 rings (SSSR count). The molecule has 0 unspecified atom stereocenters. The Morgan fingerprint density at radius 2 is 2.21 bits per heavy atom. The van der Waals surface area contributed by atoms with Gasteiger partial charge in [-0.3, -0.25) is 0 Å². The molecule has 0 saturated carbocycles. The van der Waals surface area contributed by atoms with Gasteiger partial charge in [0.15, 0.2) is 5.82 Å². The number of hydrogen-bond donors (Lipinski definition) is 0. The summed E-state index contributed by atoms with van der Waals surface area (Å²) in [5.74, 6) is 0.151. The highest BCUT2D eigenvalue weighted by Gasteiger charge is 2.05. The summed E-state index contributed by atoms with van der Waals surface area (Å²) in [7, 11) is 3.71. The van der Waals surface area contributed by atoms with Crippen molar-refractivity contribution in [1.82, 2.24) is 9.88 Å². The molecule has 14 heavy (non-hydrogen) atoms. The van der Waals surface area contributed by atoms with Gasteiger partial charge in [0, 0.05) is 14.1 Å². The molecule has 0 bridgehead atoms. The van der Waals surface area contributed by atoms with E-state index in [0.717, 1.165) is 0 Å². The van der Waals surface area contributed by atoms with Crippen LogP contribution in [0.5, 0.6) is 0 Å². The number of halogens is 2. The van der Waals surface area contributed by atoms with Crippen LogP contribution >= 0.6 is 15.9 Å². The average molecular weight is 260 g/mol. The van der Waals surface area contributed by atoms with Crippen molar-refractivity contribution in [3.05, 3.63) is 22.1 Å². The Labute approximate surface area is 90.8 Å². The number of hydrogen-bond acceptors (Lipinski definition) is 2. The van der Waals surface area contributed by atoms with E-state index in [1.165, 1.54) is 6.07 Å². The van der Waals surface area contributed by atoms with Crippen LogP contribution in [-0.4, -0.2) is 30.3 Å². The normalized spacial score (nSPS) is 10.9. The topological polar surface area (TPSA) is 28.5 Å². The van der Waals surface area contributed by atoms with Crippen LogP contribution < -0.4 is 0 Å². The summed E-state index contributed by atoms with van der Waals surface area (Å²) >= 11 is 3.20. The van der Waals surface area contributed by atoms with Crippen LogP contribution in [0.1, 0.15) is 5.69 Å². The van der Waals surface area contributed by atoms with E-state index < -0.39 is 0 Å². The summed E-state index contributed by atoms with van der Waals surface area (Å²) in [6, 6.07) is 1.37. The third kappa shape index (κ3) is 2.77. The molecule has 0 aromatic carbocycles. The SMILES string of the molecule is Cc1nc(N=CN(C)C)c(Br)cc1F. The largest absolute Gasteiger partial charge is 0.369 e. The lowest BCUT2D eigenvalue weighted by Crippen LogP contribution is -2.07. The zero-order valence-corrected chi connectivity index (χ0v) is 9.84. The summed E-state index contributed by atoms with van der Waals surface area (Å²) < 4.78 is 13.6. The van der Waals surface area contributed by atoms with Gasteiger partial charge in [-0.2, -0.15) is 0 Å². The Bertz CT molecular complexity index is 363. The van der Waals surface area contributed by atoms with Gasteiger partial charge >= 0.3 is 0 Å². The molecule has 1 aromatic heterocycles. The van der Waals surface area contributed by atoms with E-state index in [2.05, 4.69) is 25.9 Å². The maximum atomic E-state index is 13.0. The highest BCUT2D eigenvalue weighted by molar-refractivity contribution is 9.10. The number of pyridine rings is 1. The molecule has 0 aliphatic carbocycles. The molecule has 3 nitrogen and oxygen atoms in total. The monoisotopic (exact) mass is 259 g/mol. The second-order valence-electron chi connectivity index (χ2n) is 3.07. The molecule has 0 radical (unpaired) electrons. The number of aryl methyl sites for hydroxylation is 1. The molecule has 0 atom stereocenters. The van der Waals surface area contributed by atoms with Gasteiger partial charge in [-0.25, -0.2) is 14.4 Å². The summed E-state index contributed by atoms with van der Waals surface area (Å²) in [6.45, 7) is 1.61. The minimum Gasteiger partial charge on any atom is -0.369 e. The fourth-order valence-electron chi connectivity index (χ4n) is 0.807. The Morgan fingerprint density at radius 1 is 1.57 bits per heavy atom. The van der Waals surface area contributed by atoms with Crippen molar-refractivity contribution in [2.24, 2.45) is 4.99 Å². The minimum absolute atomic E-state index is 0.333. The Morgan fingerprint density at radius 3 is 2.79 bits per heavy atom. The molecule has 1 heterocycles. The van der Waals surface area contributed by atoms with E-state index in [1.54, 1.807) is 18.2 Å². The number of nitrogens with zero attached hydrogens (tertiary/aromatic N) is 3. The molecule has 1 aromatic rings. The molecular weight excluding hydrogens is 249 g/mol. The second kappa shape index (κ2) is 4.50. The van der Waals surface area contributed by atoms with E-state index in [1.807, 2.05) is 14.1 Å². The second-order valence-corrected chi connectivity index (χ2v) is 3.92. The van der Waals surface area contributed by atoms with Crippen molar-refractivity contribution < 1.29 is 4.39 Å². The van der Waals surface area contributed by atoms with Gasteiger partial charge in [0.2, 0.25) is 0 Å². The first-order chi connectivity index (χ1) is 6.50. The van der Waals surface area contributed by atoms with Crippen LogP contribution in [0.4, 0.5) is 10.2 Å². The predicted molar refractivity (Wildman–Crippen MR) is 58.5 cm³/mol. The third-order valence-electron chi connectivity index (χ3n) is 1.50. The zero-order chi connectivity index (χ0) is 10.7. The highest BCUT2D eigenvalue weighted by atomic mass is 79.9. The molecule has 0 spiro atoms. The van der Waals surface area contributed by atoms with Gasteiger partial charge in [0.25, 0.3) is 0 Å². The van der Waals surface area contributed by atoms with Crippen LogP contribution in [0, 0.1) is 12.7 Å². The molecule has 0 amide bonds. The van der Waals surface area contributed by atoms with Crippen LogP contribution in [-0.2, 0) is 0 Å². The fraction of sp³-hybridized carbons (Fsp3) is 0.333. The van der Waals surface area contributed by atoms with Crippen molar-refractivity contribution in [1.29, 1.82) is 0 Å². The Hall–Kier alpha value is -0.970. The van der Waals surface area contributed by atoms with Gasteiger partial charge in [0.1, 0.15) is 5.82 Å². The quantitative estimate of drug-likeness (QED) is 0.603. The van der Waals surface area contributed by atoms with Gasteiger partial charge in [-0.15, -0.1) is 0 Å². The first kappa shape index (κ1) is 11.1. The van der Waals surface area contributed by atoms with Crippen molar-refractivity contribution in [2.45, 2.75) is 6.92 Å². The highest BCUT2D eigenvalue weighted by Crippen LogP contribution is 2.24. The van der Waals surface area contributed by atoms with Crippen LogP contribution in [0.2, 0.25) is 0 Å². The van der Waals surface area contributed by atoms with Crippen LogP contribution in [0.15, 0.2) is 15.5 Å². The van der Waals surface area contributed by atoms with Crippen molar-refractivity contribution in [3.8, 4) is 0 Å². The molecule has 0 fully saturated rings. The Kier molecular flexibility index (Phi) is 3.57. The van der Waals surface area contributed by atoms with Gasteiger partial charge < -0.3 is 4.90 Å². The van der Waals surface area contributed by atoms with Crippen molar-refractivity contribution in [2.75, 3.05) is 14.1 Å². The van der Waals surface area contributed by atoms with E-state index in [0.29, 0.717) is 16.0 Å². The zero-order valence-electron chi connectivity index (χ0n) is 8.25. The molecule has 0 saturated heterocycles. The van der Waals surface area contributed by atoms with Crippen molar-refractivity contribution >= 4 is 28.1 Å².